The van der Waals surface area contributed by atoms with Crippen molar-refractivity contribution in [1.29, 1.82) is 0 Å². The van der Waals surface area contributed by atoms with E-state index >= 15 is 0 Å². The third-order valence-corrected chi connectivity index (χ3v) is 3.00. The quantitative estimate of drug-likeness (QED) is 0.532. The van der Waals surface area contributed by atoms with Crippen LogP contribution < -0.4 is 4.74 Å². The van der Waals surface area contributed by atoms with Gasteiger partial charge in [-0.1, -0.05) is 11.6 Å². The molecule has 114 valence electrons. The third kappa shape index (κ3) is 2.67. The molecule has 0 amide bonds. The second-order valence-corrected chi connectivity index (χ2v) is 4.48. The Bertz CT molecular complexity index is 849. The minimum Gasteiger partial charge on any atom is -0.406 e. The molecule has 5 nitrogen and oxygen atoms in total. The van der Waals surface area contributed by atoms with E-state index in [0.29, 0.717) is 11.5 Å². The van der Waals surface area contributed by atoms with E-state index in [4.69, 9.17) is 11.6 Å². The van der Waals surface area contributed by atoms with Gasteiger partial charge in [0.15, 0.2) is 11.5 Å². The van der Waals surface area contributed by atoms with Gasteiger partial charge in [-0.3, -0.25) is 0 Å². The highest BCUT2D eigenvalue weighted by Gasteiger charge is 2.31. The number of alkyl halides is 3. The van der Waals surface area contributed by atoms with Gasteiger partial charge in [0.2, 0.25) is 0 Å². The number of fused-ring (bicyclic) bond motifs is 1. The Morgan fingerprint density at radius 2 is 1.95 bits per heavy atom. The van der Waals surface area contributed by atoms with Gasteiger partial charge in [0.25, 0.3) is 0 Å². The topological polar surface area (TPSA) is 52.8 Å². The first-order valence-corrected chi connectivity index (χ1v) is 6.13. The first-order chi connectivity index (χ1) is 10.3. The second kappa shape index (κ2) is 5.09. The van der Waals surface area contributed by atoms with Gasteiger partial charge in [0, 0.05) is 6.07 Å². The molecule has 0 fully saturated rings. The smallest absolute Gasteiger partial charge is 0.406 e. The Balaban J connectivity index is 2.06. The Hall–Kier alpha value is -2.42. The lowest BCUT2D eigenvalue weighted by molar-refractivity contribution is -0.274. The molecule has 0 unspecified atom stereocenters. The van der Waals surface area contributed by atoms with Crippen LogP contribution in [0.15, 0.2) is 30.7 Å². The first kappa shape index (κ1) is 14.5. The highest BCUT2D eigenvalue weighted by molar-refractivity contribution is 6.33. The van der Waals surface area contributed by atoms with Crippen molar-refractivity contribution in [3.05, 3.63) is 41.7 Å². The summed E-state index contributed by atoms with van der Waals surface area (Å²) in [4.78, 5) is 7.68. The van der Waals surface area contributed by atoms with E-state index in [1.807, 2.05) is 0 Å². The van der Waals surface area contributed by atoms with Crippen LogP contribution in [-0.4, -0.2) is 26.1 Å². The highest BCUT2D eigenvalue weighted by atomic mass is 35.5. The van der Waals surface area contributed by atoms with Crippen molar-refractivity contribution in [2.45, 2.75) is 6.36 Å². The second-order valence-electron chi connectivity index (χ2n) is 4.12. The number of hydrogen-bond acceptors (Lipinski definition) is 4. The number of halogens is 5. The number of benzene rings is 1. The van der Waals surface area contributed by atoms with Crippen LogP contribution >= 0.6 is 11.6 Å². The molecule has 3 aromatic rings. The molecular weight excluding hydrogens is 328 g/mol. The number of nitrogens with zero attached hydrogens (tertiary/aromatic N) is 4. The maximum Gasteiger partial charge on any atom is 0.573 e. The molecule has 0 radical (unpaired) electrons. The van der Waals surface area contributed by atoms with Crippen LogP contribution in [-0.2, 0) is 0 Å². The molecule has 1 aromatic carbocycles. The standard InChI is InChI=1S/C12H5ClF4N4O/c13-10-7-4-20-21(11(7)19-5-18-10)9-2-1-6(3-8(9)14)22-12(15,16)17/h1-5H. The predicted molar refractivity (Wildman–Crippen MR) is 68.3 cm³/mol. The fourth-order valence-corrected chi connectivity index (χ4v) is 2.03. The van der Waals surface area contributed by atoms with E-state index in [1.165, 1.54) is 12.5 Å². The predicted octanol–water partition coefficient (Wildman–Crippen LogP) is 3.51. The molecule has 0 bridgehead atoms. The van der Waals surface area contributed by atoms with Crippen LogP contribution in [0.1, 0.15) is 0 Å². The van der Waals surface area contributed by atoms with Gasteiger partial charge in [0.1, 0.15) is 22.9 Å². The molecule has 0 atom stereocenters. The SMILES string of the molecule is Fc1cc(OC(F)(F)F)ccc1-n1ncc2c(Cl)ncnc21. The molecule has 0 saturated heterocycles. The molecular formula is C12H5ClF4N4O. The van der Waals surface area contributed by atoms with Gasteiger partial charge in [-0.25, -0.2) is 19.0 Å². The van der Waals surface area contributed by atoms with E-state index in [2.05, 4.69) is 19.8 Å². The summed E-state index contributed by atoms with van der Waals surface area (Å²) in [6.45, 7) is 0. The molecule has 0 spiro atoms. The number of ether oxygens (including phenoxy) is 1. The van der Waals surface area contributed by atoms with Crippen molar-refractivity contribution >= 4 is 22.6 Å². The summed E-state index contributed by atoms with van der Waals surface area (Å²) in [5, 5.41) is 4.44. The first-order valence-electron chi connectivity index (χ1n) is 5.75. The maximum absolute atomic E-state index is 14.0. The number of hydrogen-bond donors (Lipinski definition) is 0. The van der Waals surface area contributed by atoms with Gasteiger partial charge < -0.3 is 4.74 Å². The fourth-order valence-electron chi connectivity index (χ4n) is 1.85. The van der Waals surface area contributed by atoms with Crippen molar-refractivity contribution in [1.82, 2.24) is 19.7 Å². The summed E-state index contributed by atoms with van der Waals surface area (Å²) >= 11 is 5.85. The highest BCUT2D eigenvalue weighted by Crippen LogP contribution is 2.27. The number of rotatable bonds is 2. The van der Waals surface area contributed by atoms with E-state index in [-0.39, 0.29) is 16.5 Å². The van der Waals surface area contributed by atoms with E-state index < -0.39 is 17.9 Å². The molecule has 3 rings (SSSR count). The van der Waals surface area contributed by atoms with Crippen LogP contribution in [0.5, 0.6) is 5.75 Å². The average Bonchev–Trinajstić information content (AvgIpc) is 2.82. The molecule has 0 saturated carbocycles. The van der Waals surface area contributed by atoms with Crippen molar-refractivity contribution in [3.8, 4) is 11.4 Å². The zero-order valence-electron chi connectivity index (χ0n) is 10.5. The molecule has 2 aromatic heterocycles. The fraction of sp³-hybridized carbons (Fsp3) is 0.0833. The summed E-state index contributed by atoms with van der Waals surface area (Å²) < 4.78 is 55.1. The molecule has 10 heteroatoms. The lowest BCUT2D eigenvalue weighted by atomic mass is 10.3. The van der Waals surface area contributed by atoms with Crippen LogP contribution in [0.25, 0.3) is 16.7 Å². The summed E-state index contributed by atoms with van der Waals surface area (Å²) in [7, 11) is 0. The Morgan fingerprint density at radius 3 is 2.64 bits per heavy atom. The minimum absolute atomic E-state index is 0.0979. The van der Waals surface area contributed by atoms with E-state index in [9.17, 15) is 17.6 Å². The van der Waals surface area contributed by atoms with Gasteiger partial charge in [-0.2, -0.15) is 5.10 Å². The molecule has 22 heavy (non-hydrogen) atoms. The molecule has 0 aliphatic heterocycles. The van der Waals surface area contributed by atoms with Gasteiger partial charge in [-0.15, -0.1) is 13.2 Å². The van der Waals surface area contributed by atoms with Crippen molar-refractivity contribution < 1.29 is 22.3 Å². The summed E-state index contributed by atoms with van der Waals surface area (Å²) in [6.07, 6.45) is -2.40. The van der Waals surface area contributed by atoms with Gasteiger partial charge in [0.05, 0.1) is 11.6 Å². The summed E-state index contributed by atoms with van der Waals surface area (Å²) in [6, 6.07) is 2.68. The largest absolute Gasteiger partial charge is 0.573 e. The molecule has 0 aliphatic rings. The Morgan fingerprint density at radius 1 is 1.18 bits per heavy atom. The normalized spacial score (nSPS) is 11.9. The summed E-state index contributed by atoms with van der Waals surface area (Å²) in [5.74, 6) is -1.63. The van der Waals surface area contributed by atoms with Crippen LogP contribution in [0.3, 0.4) is 0 Å². The number of aromatic nitrogens is 4. The summed E-state index contributed by atoms with van der Waals surface area (Å²) in [5.41, 5.74) is 0.127. The zero-order valence-corrected chi connectivity index (χ0v) is 11.2. The molecule has 2 heterocycles. The van der Waals surface area contributed by atoms with Crippen LogP contribution in [0.2, 0.25) is 5.15 Å². The van der Waals surface area contributed by atoms with Crippen LogP contribution in [0.4, 0.5) is 17.6 Å². The molecule has 0 N–H and O–H groups in total. The average molecular weight is 333 g/mol. The van der Waals surface area contributed by atoms with Crippen molar-refractivity contribution in [3.63, 3.8) is 0 Å². The lowest BCUT2D eigenvalue weighted by Gasteiger charge is -2.10. The lowest BCUT2D eigenvalue weighted by Crippen LogP contribution is -2.17. The van der Waals surface area contributed by atoms with Crippen LogP contribution in [0, 0.1) is 5.82 Å². The Labute approximate surface area is 125 Å². The van der Waals surface area contributed by atoms with Crippen molar-refractivity contribution in [2.75, 3.05) is 0 Å². The molecule has 0 aliphatic carbocycles. The van der Waals surface area contributed by atoms with E-state index in [0.717, 1.165) is 16.8 Å². The van der Waals surface area contributed by atoms with Crippen molar-refractivity contribution in [2.24, 2.45) is 0 Å². The van der Waals surface area contributed by atoms with E-state index in [1.54, 1.807) is 0 Å². The zero-order chi connectivity index (χ0) is 15.9. The maximum atomic E-state index is 14.0. The Kier molecular flexibility index (Phi) is 3.36. The third-order valence-electron chi connectivity index (χ3n) is 2.70. The monoisotopic (exact) mass is 332 g/mol. The minimum atomic E-state index is -4.90. The van der Waals surface area contributed by atoms with Gasteiger partial charge >= 0.3 is 6.36 Å². The van der Waals surface area contributed by atoms with Gasteiger partial charge in [-0.05, 0) is 12.1 Å².